The molecule has 0 amide bonds. The minimum atomic E-state index is -0.894. The van der Waals surface area contributed by atoms with Crippen LogP contribution in [0.5, 0.6) is 17.2 Å². The van der Waals surface area contributed by atoms with E-state index in [2.05, 4.69) is 0 Å². The molecule has 0 radical (unpaired) electrons. The van der Waals surface area contributed by atoms with Gasteiger partial charge in [-0.2, -0.15) is 0 Å². The zero-order valence-electron chi connectivity index (χ0n) is 14.3. The zero-order chi connectivity index (χ0) is 17.9. The summed E-state index contributed by atoms with van der Waals surface area (Å²) >= 11 is 0. The van der Waals surface area contributed by atoms with Crippen LogP contribution in [0.2, 0.25) is 0 Å². The van der Waals surface area contributed by atoms with E-state index in [1.807, 2.05) is 32.0 Å². The number of hydrogen-bond acceptors (Lipinski definition) is 4. The van der Waals surface area contributed by atoms with Gasteiger partial charge in [-0.3, -0.25) is 4.79 Å². The summed E-state index contributed by atoms with van der Waals surface area (Å²) in [6.07, 6.45) is 0.270. The van der Waals surface area contributed by atoms with E-state index in [-0.39, 0.29) is 23.7 Å². The number of benzene rings is 2. The third-order valence-corrected chi connectivity index (χ3v) is 4.09. The fraction of sp³-hybridized carbons (Fsp3) is 0.316. The Bertz CT molecular complexity index is 726. The summed E-state index contributed by atoms with van der Waals surface area (Å²) in [5, 5.41) is 19.7. The Hall–Kier alpha value is -2.69. The zero-order valence-corrected chi connectivity index (χ0v) is 14.3. The third kappa shape index (κ3) is 3.62. The van der Waals surface area contributed by atoms with Crippen molar-refractivity contribution in [3.8, 4) is 17.2 Å². The number of methoxy groups -OCH3 is 2. The first-order valence-electron chi connectivity index (χ1n) is 7.61. The van der Waals surface area contributed by atoms with Gasteiger partial charge >= 0.3 is 5.97 Å². The summed E-state index contributed by atoms with van der Waals surface area (Å²) in [6, 6.07) is 9.07. The summed E-state index contributed by atoms with van der Waals surface area (Å²) in [4.78, 5) is 11.8. The molecule has 2 aromatic rings. The van der Waals surface area contributed by atoms with Crippen LogP contribution in [0.3, 0.4) is 0 Å². The first-order chi connectivity index (χ1) is 11.4. The lowest BCUT2D eigenvalue weighted by Gasteiger charge is -2.18. The van der Waals surface area contributed by atoms with Crippen LogP contribution >= 0.6 is 0 Å². The lowest BCUT2D eigenvalue weighted by molar-refractivity contribution is -0.138. The lowest BCUT2D eigenvalue weighted by Crippen LogP contribution is -2.16. The smallest absolute Gasteiger partial charge is 0.311 e. The van der Waals surface area contributed by atoms with Crippen LogP contribution in [0.1, 0.15) is 28.2 Å². The van der Waals surface area contributed by atoms with E-state index in [1.54, 1.807) is 12.1 Å². The van der Waals surface area contributed by atoms with Gasteiger partial charge in [-0.05, 0) is 49.1 Å². The molecular formula is C19H22O5. The van der Waals surface area contributed by atoms with Crippen LogP contribution < -0.4 is 9.47 Å². The fourth-order valence-corrected chi connectivity index (χ4v) is 2.77. The molecule has 0 bridgehead atoms. The average molecular weight is 330 g/mol. The number of carboxylic acids is 1. The van der Waals surface area contributed by atoms with Gasteiger partial charge in [0.05, 0.1) is 20.1 Å². The number of aliphatic carboxylic acids is 1. The van der Waals surface area contributed by atoms with E-state index in [0.717, 1.165) is 22.3 Å². The average Bonchev–Trinajstić information content (AvgIpc) is 2.55. The Kier molecular flexibility index (Phi) is 5.34. The van der Waals surface area contributed by atoms with Crippen molar-refractivity contribution in [1.29, 1.82) is 0 Å². The van der Waals surface area contributed by atoms with E-state index in [1.165, 1.54) is 14.2 Å². The highest BCUT2D eigenvalue weighted by molar-refractivity contribution is 5.77. The van der Waals surface area contributed by atoms with Crippen molar-refractivity contribution in [3.63, 3.8) is 0 Å². The monoisotopic (exact) mass is 330 g/mol. The number of phenolic OH excluding ortho intramolecular Hbond substituents is 1. The lowest BCUT2D eigenvalue weighted by atomic mass is 9.88. The number of carbonyl (C=O) groups is 1. The molecule has 128 valence electrons. The highest BCUT2D eigenvalue weighted by Gasteiger charge is 2.23. The van der Waals surface area contributed by atoms with Gasteiger partial charge in [0.15, 0.2) is 11.5 Å². The number of phenols is 1. The van der Waals surface area contributed by atoms with E-state index in [4.69, 9.17) is 9.47 Å². The highest BCUT2D eigenvalue weighted by atomic mass is 16.5. The van der Waals surface area contributed by atoms with Gasteiger partial charge in [0.25, 0.3) is 0 Å². The predicted molar refractivity (Wildman–Crippen MR) is 91.2 cm³/mol. The summed E-state index contributed by atoms with van der Waals surface area (Å²) in [5.41, 5.74) is 3.46. The van der Waals surface area contributed by atoms with Crippen molar-refractivity contribution in [1.82, 2.24) is 0 Å². The van der Waals surface area contributed by atoms with Crippen LogP contribution in [0.25, 0.3) is 0 Å². The molecule has 1 unspecified atom stereocenters. The topological polar surface area (TPSA) is 76.0 Å². The van der Waals surface area contributed by atoms with Gasteiger partial charge in [0.1, 0.15) is 0 Å². The normalized spacial score (nSPS) is 11.8. The van der Waals surface area contributed by atoms with E-state index >= 15 is 0 Å². The second-order valence-corrected chi connectivity index (χ2v) is 5.80. The molecule has 2 N–H and O–H groups in total. The first kappa shape index (κ1) is 17.7. The molecule has 0 aliphatic rings. The Labute approximate surface area is 141 Å². The molecule has 5 heteroatoms. The number of hydrogen-bond donors (Lipinski definition) is 2. The van der Waals surface area contributed by atoms with Crippen molar-refractivity contribution in [3.05, 3.63) is 52.6 Å². The van der Waals surface area contributed by atoms with Gasteiger partial charge in [-0.15, -0.1) is 0 Å². The van der Waals surface area contributed by atoms with Crippen molar-refractivity contribution in [2.75, 3.05) is 14.2 Å². The Morgan fingerprint density at radius 1 is 1.08 bits per heavy atom. The molecule has 0 heterocycles. The Balaban J connectivity index is 2.45. The quantitative estimate of drug-likeness (QED) is 0.848. The molecule has 5 nitrogen and oxygen atoms in total. The van der Waals surface area contributed by atoms with Crippen molar-refractivity contribution >= 4 is 5.97 Å². The minimum absolute atomic E-state index is 0.0950. The van der Waals surface area contributed by atoms with Crippen LogP contribution in [-0.2, 0) is 11.2 Å². The number of aromatic hydroxyl groups is 1. The molecule has 0 aromatic heterocycles. The van der Waals surface area contributed by atoms with Gasteiger partial charge in [0.2, 0.25) is 5.75 Å². The second-order valence-electron chi connectivity index (χ2n) is 5.80. The van der Waals surface area contributed by atoms with Gasteiger partial charge < -0.3 is 19.7 Å². The van der Waals surface area contributed by atoms with E-state index < -0.39 is 11.9 Å². The molecule has 24 heavy (non-hydrogen) atoms. The Morgan fingerprint density at radius 3 is 2.17 bits per heavy atom. The maximum Gasteiger partial charge on any atom is 0.311 e. The molecule has 2 rings (SSSR count). The van der Waals surface area contributed by atoms with Crippen molar-refractivity contribution in [2.45, 2.75) is 26.2 Å². The Morgan fingerprint density at radius 2 is 1.67 bits per heavy atom. The third-order valence-electron chi connectivity index (χ3n) is 4.09. The summed E-state index contributed by atoms with van der Waals surface area (Å²) in [7, 11) is 2.88. The fourth-order valence-electron chi connectivity index (χ4n) is 2.77. The number of carboxylic acid groups (broad SMARTS) is 1. The van der Waals surface area contributed by atoms with Crippen LogP contribution in [-0.4, -0.2) is 30.4 Å². The van der Waals surface area contributed by atoms with Gasteiger partial charge in [-0.1, -0.05) is 23.8 Å². The molecular weight excluding hydrogens is 308 g/mol. The summed E-state index contributed by atoms with van der Waals surface area (Å²) in [5.74, 6) is -1.16. The van der Waals surface area contributed by atoms with Crippen LogP contribution in [0.15, 0.2) is 30.3 Å². The number of ether oxygens (including phenoxy) is 2. The van der Waals surface area contributed by atoms with E-state index in [0.29, 0.717) is 0 Å². The predicted octanol–water partition coefficient (Wildman–Crippen LogP) is 3.44. The second kappa shape index (κ2) is 7.25. The molecule has 2 aromatic carbocycles. The van der Waals surface area contributed by atoms with E-state index in [9.17, 15) is 15.0 Å². The summed E-state index contributed by atoms with van der Waals surface area (Å²) in [6.45, 7) is 3.84. The SMILES string of the molecule is COc1cc(CC(C(=O)O)c2cc(C)ccc2C)cc(OC)c1O. The summed E-state index contributed by atoms with van der Waals surface area (Å²) < 4.78 is 10.3. The molecule has 0 saturated heterocycles. The minimum Gasteiger partial charge on any atom is -0.502 e. The molecule has 0 fully saturated rings. The molecule has 0 spiro atoms. The highest BCUT2D eigenvalue weighted by Crippen LogP contribution is 2.38. The van der Waals surface area contributed by atoms with Crippen LogP contribution in [0.4, 0.5) is 0 Å². The number of aryl methyl sites for hydroxylation is 2. The van der Waals surface area contributed by atoms with Crippen molar-refractivity contribution < 1.29 is 24.5 Å². The van der Waals surface area contributed by atoms with Gasteiger partial charge in [-0.25, -0.2) is 0 Å². The van der Waals surface area contributed by atoms with Gasteiger partial charge in [0, 0.05) is 0 Å². The maximum atomic E-state index is 11.8. The molecule has 0 aliphatic carbocycles. The maximum absolute atomic E-state index is 11.8. The van der Waals surface area contributed by atoms with Crippen molar-refractivity contribution in [2.24, 2.45) is 0 Å². The largest absolute Gasteiger partial charge is 0.502 e. The van der Waals surface area contributed by atoms with Crippen LogP contribution in [0, 0.1) is 13.8 Å². The standard InChI is InChI=1S/C19H22O5/c1-11-5-6-12(2)14(7-11)15(19(21)22)8-13-9-16(23-3)18(20)17(10-13)24-4/h5-7,9-10,15,20H,8H2,1-4H3,(H,21,22). The molecule has 0 saturated carbocycles. The first-order valence-corrected chi connectivity index (χ1v) is 7.61. The molecule has 0 aliphatic heterocycles. The molecule has 1 atom stereocenters. The number of rotatable bonds is 6.